The normalized spacial score (nSPS) is 19.3. The van der Waals surface area contributed by atoms with Gasteiger partial charge in [0.1, 0.15) is 5.82 Å². The topological polar surface area (TPSA) is 52.7 Å². The fourth-order valence-corrected chi connectivity index (χ4v) is 6.02. The molecule has 5 nitrogen and oxygen atoms in total. The molecule has 2 aliphatic heterocycles. The molecule has 2 aliphatic rings. The first-order valence-electron chi connectivity index (χ1n) is 10.9. The van der Waals surface area contributed by atoms with Gasteiger partial charge in [-0.25, -0.2) is 9.18 Å². The van der Waals surface area contributed by atoms with Crippen molar-refractivity contribution in [2.75, 3.05) is 22.5 Å². The van der Waals surface area contributed by atoms with Crippen LogP contribution in [0.1, 0.15) is 22.3 Å². The first-order valence-corrected chi connectivity index (χ1v) is 11.8. The Hall–Kier alpha value is -3.32. The van der Waals surface area contributed by atoms with Gasteiger partial charge in [-0.15, -0.1) is 11.8 Å². The number of carbonyl (C=O) groups excluding carboxylic acids is 2. The van der Waals surface area contributed by atoms with Gasteiger partial charge in [-0.3, -0.25) is 9.69 Å². The van der Waals surface area contributed by atoms with Gasteiger partial charge >= 0.3 is 6.03 Å². The molecule has 0 saturated carbocycles. The standard InChI is InChI=1S/C26H24FN3O2S/c1-17-4-3-5-21(14-17)28-25(32)30-12-13-33-26(30)22-15-18(2)6-11-23(22)29(24(26)31)16-19-7-9-20(27)10-8-19/h3-11,14-15H,12-13,16H2,1-2H3,(H,28,32). The van der Waals surface area contributed by atoms with Crippen LogP contribution in [0.5, 0.6) is 0 Å². The summed E-state index contributed by atoms with van der Waals surface area (Å²) in [4.78, 5) is 29.7. The van der Waals surface area contributed by atoms with E-state index in [0.717, 1.165) is 27.9 Å². The molecule has 1 unspecified atom stereocenters. The van der Waals surface area contributed by atoms with Crippen LogP contribution in [0.2, 0.25) is 0 Å². The molecule has 0 radical (unpaired) electrons. The van der Waals surface area contributed by atoms with Crippen molar-refractivity contribution in [3.05, 3.63) is 94.8 Å². The average Bonchev–Trinajstić information content (AvgIpc) is 3.32. The Morgan fingerprint density at radius 1 is 1.06 bits per heavy atom. The number of aryl methyl sites for hydroxylation is 2. The summed E-state index contributed by atoms with van der Waals surface area (Å²) < 4.78 is 13.4. The minimum atomic E-state index is -1.12. The zero-order chi connectivity index (χ0) is 23.2. The summed E-state index contributed by atoms with van der Waals surface area (Å²) >= 11 is 1.49. The first-order chi connectivity index (χ1) is 15.9. The highest BCUT2D eigenvalue weighted by molar-refractivity contribution is 8.01. The van der Waals surface area contributed by atoms with Gasteiger partial charge in [-0.05, 0) is 55.3 Å². The number of carbonyl (C=O) groups is 2. The summed E-state index contributed by atoms with van der Waals surface area (Å²) in [5.41, 5.74) is 5.21. The number of urea groups is 1. The molecule has 3 aromatic rings. The van der Waals surface area contributed by atoms with Gasteiger partial charge in [-0.2, -0.15) is 0 Å². The Balaban J connectivity index is 1.53. The Morgan fingerprint density at radius 3 is 2.58 bits per heavy atom. The third-order valence-corrected chi connectivity index (χ3v) is 7.54. The number of halogens is 1. The molecule has 0 bridgehead atoms. The lowest BCUT2D eigenvalue weighted by Crippen LogP contribution is -2.51. The van der Waals surface area contributed by atoms with Crippen LogP contribution < -0.4 is 10.2 Å². The monoisotopic (exact) mass is 461 g/mol. The molecule has 33 heavy (non-hydrogen) atoms. The van der Waals surface area contributed by atoms with Crippen LogP contribution in [0.3, 0.4) is 0 Å². The van der Waals surface area contributed by atoms with Crippen LogP contribution in [0, 0.1) is 19.7 Å². The van der Waals surface area contributed by atoms with E-state index in [0.29, 0.717) is 24.5 Å². The quantitative estimate of drug-likeness (QED) is 0.566. The molecule has 1 saturated heterocycles. The molecule has 3 aromatic carbocycles. The van der Waals surface area contributed by atoms with Crippen molar-refractivity contribution < 1.29 is 14.0 Å². The van der Waals surface area contributed by atoms with E-state index in [1.165, 1.54) is 23.9 Å². The molecule has 1 spiro atoms. The van der Waals surface area contributed by atoms with Crippen LogP contribution in [-0.2, 0) is 16.2 Å². The molecule has 0 aliphatic carbocycles. The van der Waals surface area contributed by atoms with E-state index in [9.17, 15) is 14.0 Å². The number of fused-ring (bicyclic) bond motifs is 2. The number of nitrogens with zero attached hydrogens (tertiary/aromatic N) is 2. The number of hydrogen-bond acceptors (Lipinski definition) is 3. The summed E-state index contributed by atoms with van der Waals surface area (Å²) in [6, 6.07) is 19.4. The molecule has 1 atom stereocenters. The van der Waals surface area contributed by atoms with Gasteiger partial charge in [0.15, 0.2) is 4.87 Å². The van der Waals surface area contributed by atoms with Crippen molar-refractivity contribution in [3.63, 3.8) is 0 Å². The molecule has 5 rings (SSSR count). The number of anilines is 2. The number of nitrogens with one attached hydrogen (secondary N) is 1. The van der Waals surface area contributed by atoms with Crippen LogP contribution >= 0.6 is 11.8 Å². The van der Waals surface area contributed by atoms with Crippen molar-refractivity contribution in [1.29, 1.82) is 0 Å². The molecule has 1 N–H and O–H groups in total. The Bertz CT molecular complexity index is 1250. The zero-order valence-corrected chi connectivity index (χ0v) is 19.3. The fraction of sp³-hybridized carbons (Fsp3) is 0.231. The highest BCUT2D eigenvalue weighted by Gasteiger charge is 2.59. The summed E-state index contributed by atoms with van der Waals surface area (Å²) in [7, 11) is 0. The number of benzene rings is 3. The molecular formula is C26H24FN3O2S. The number of hydrogen-bond donors (Lipinski definition) is 1. The molecule has 2 heterocycles. The van der Waals surface area contributed by atoms with Crippen LogP contribution in [0.4, 0.5) is 20.6 Å². The second-order valence-electron chi connectivity index (χ2n) is 8.48. The first kappa shape index (κ1) is 21.5. The van der Waals surface area contributed by atoms with E-state index in [4.69, 9.17) is 0 Å². The van der Waals surface area contributed by atoms with Crippen LogP contribution in [-0.4, -0.2) is 29.1 Å². The average molecular weight is 462 g/mol. The second kappa shape index (κ2) is 8.23. The maximum atomic E-state index is 14.0. The lowest BCUT2D eigenvalue weighted by molar-refractivity contribution is -0.123. The van der Waals surface area contributed by atoms with Crippen molar-refractivity contribution in [2.45, 2.75) is 25.3 Å². The van der Waals surface area contributed by atoms with E-state index >= 15 is 0 Å². The zero-order valence-electron chi connectivity index (χ0n) is 18.5. The smallest absolute Gasteiger partial charge is 0.308 e. The maximum absolute atomic E-state index is 14.0. The van der Waals surface area contributed by atoms with Crippen LogP contribution in [0.15, 0.2) is 66.7 Å². The lowest BCUT2D eigenvalue weighted by atomic mass is 10.0. The van der Waals surface area contributed by atoms with E-state index in [-0.39, 0.29) is 17.8 Å². The molecule has 7 heteroatoms. The van der Waals surface area contributed by atoms with Crippen molar-refractivity contribution in [1.82, 2.24) is 4.90 Å². The highest BCUT2D eigenvalue weighted by Crippen LogP contribution is 2.54. The van der Waals surface area contributed by atoms with Gasteiger partial charge in [0.05, 0.1) is 12.2 Å². The molecule has 0 aromatic heterocycles. The number of rotatable bonds is 3. The molecular weight excluding hydrogens is 437 g/mol. The summed E-state index contributed by atoms with van der Waals surface area (Å²) in [5, 5.41) is 2.97. The van der Waals surface area contributed by atoms with Gasteiger partial charge in [0.2, 0.25) is 0 Å². The number of amides is 3. The van der Waals surface area contributed by atoms with Gasteiger partial charge in [0.25, 0.3) is 5.91 Å². The second-order valence-corrected chi connectivity index (χ2v) is 9.77. The van der Waals surface area contributed by atoms with Crippen LogP contribution in [0.25, 0.3) is 0 Å². The predicted octanol–water partition coefficient (Wildman–Crippen LogP) is 5.42. The van der Waals surface area contributed by atoms with E-state index < -0.39 is 4.87 Å². The summed E-state index contributed by atoms with van der Waals surface area (Å²) in [6.45, 7) is 4.73. The van der Waals surface area contributed by atoms with E-state index in [1.807, 2.05) is 56.3 Å². The SMILES string of the molecule is Cc1cccc(NC(=O)N2CCSC23C(=O)N(Cc2ccc(F)cc2)c2ccc(C)cc23)c1. The third kappa shape index (κ3) is 3.66. The van der Waals surface area contributed by atoms with E-state index in [2.05, 4.69) is 5.32 Å². The van der Waals surface area contributed by atoms with E-state index in [1.54, 1.807) is 21.9 Å². The maximum Gasteiger partial charge on any atom is 0.323 e. The highest BCUT2D eigenvalue weighted by atomic mass is 32.2. The minimum absolute atomic E-state index is 0.144. The summed E-state index contributed by atoms with van der Waals surface area (Å²) in [5.74, 6) is 0.198. The fourth-order valence-electron chi connectivity index (χ4n) is 4.57. The lowest BCUT2D eigenvalue weighted by Gasteiger charge is -2.33. The number of thioether (sulfide) groups is 1. The molecule has 168 valence electrons. The minimum Gasteiger partial charge on any atom is -0.308 e. The summed E-state index contributed by atoms with van der Waals surface area (Å²) in [6.07, 6.45) is 0. The Labute approximate surface area is 196 Å². The van der Waals surface area contributed by atoms with Gasteiger partial charge in [-0.1, -0.05) is 42.0 Å². The Kier molecular flexibility index (Phi) is 5.37. The van der Waals surface area contributed by atoms with Gasteiger partial charge in [0, 0.05) is 23.5 Å². The van der Waals surface area contributed by atoms with Crippen molar-refractivity contribution >= 4 is 35.1 Å². The largest absolute Gasteiger partial charge is 0.323 e. The molecule has 1 fully saturated rings. The van der Waals surface area contributed by atoms with Crippen molar-refractivity contribution in [2.24, 2.45) is 0 Å². The van der Waals surface area contributed by atoms with Gasteiger partial charge < -0.3 is 10.2 Å². The third-order valence-electron chi connectivity index (χ3n) is 6.12. The Morgan fingerprint density at radius 2 is 1.82 bits per heavy atom. The van der Waals surface area contributed by atoms with Crippen molar-refractivity contribution in [3.8, 4) is 0 Å². The molecule has 3 amide bonds. The predicted molar refractivity (Wildman–Crippen MR) is 130 cm³/mol.